The van der Waals surface area contributed by atoms with E-state index in [-0.39, 0.29) is 24.1 Å². The van der Waals surface area contributed by atoms with Crippen molar-refractivity contribution in [3.05, 3.63) is 41.7 Å². The van der Waals surface area contributed by atoms with E-state index in [1.165, 1.54) is 15.8 Å². The molecule has 9 nitrogen and oxygen atoms in total. The summed E-state index contributed by atoms with van der Waals surface area (Å²) >= 11 is 0. The summed E-state index contributed by atoms with van der Waals surface area (Å²) in [5.41, 5.74) is 1.15. The second-order valence-corrected chi connectivity index (χ2v) is 5.88. The second kappa shape index (κ2) is 8.75. The molecular formula is C17H22N6O3. The average Bonchev–Trinajstić information content (AvgIpc) is 3.08. The molecule has 0 bridgehead atoms. The maximum atomic E-state index is 12.2. The molecule has 0 atom stereocenters. The van der Waals surface area contributed by atoms with E-state index in [1.54, 1.807) is 38.4 Å². The number of rotatable bonds is 7. The van der Waals surface area contributed by atoms with Crippen molar-refractivity contribution in [2.24, 2.45) is 0 Å². The lowest BCUT2D eigenvalue weighted by Gasteiger charge is -2.08. The van der Waals surface area contributed by atoms with Crippen LogP contribution in [0.5, 0.6) is 0 Å². The van der Waals surface area contributed by atoms with Gasteiger partial charge in [-0.2, -0.15) is 0 Å². The number of carbonyl (C=O) groups is 3. The minimum Gasteiger partial charge on any atom is -0.352 e. The lowest BCUT2D eigenvalue weighted by atomic mass is 10.2. The number of hydrogen-bond acceptors (Lipinski definition) is 5. The summed E-state index contributed by atoms with van der Waals surface area (Å²) < 4.78 is 1.30. The smallest absolute Gasteiger partial charge is 0.277 e. The fourth-order valence-electron chi connectivity index (χ4n) is 2.00. The Morgan fingerprint density at radius 1 is 1.12 bits per heavy atom. The van der Waals surface area contributed by atoms with E-state index in [2.05, 4.69) is 20.9 Å². The summed E-state index contributed by atoms with van der Waals surface area (Å²) in [7, 11) is 3.28. The van der Waals surface area contributed by atoms with Crippen LogP contribution in [0.1, 0.15) is 34.2 Å². The van der Waals surface area contributed by atoms with Crippen molar-refractivity contribution in [2.45, 2.75) is 19.9 Å². The van der Waals surface area contributed by atoms with Gasteiger partial charge < -0.3 is 15.5 Å². The first kappa shape index (κ1) is 19.1. The summed E-state index contributed by atoms with van der Waals surface area (Å²) in [4.78, 5) is 37.1. The Kier molecular flexibility index (Phi) is 6.42. The van der Waals surface area contributed by atoms with Gasteiger partial charge in [0.1, 0.15) is 6.54 Å². The van der Waals surface area contributed by atoms with Crippen LogP contribution in [0.2, 0.25) is 0 Å². The molecule has 9 heteroatoms. The molecule has 26 heavy (non-hydrogen) atoms. The number of nitrogens with one attached hydrogen (secondary N) is 2. The Bertz CT molecular complexity index is 782. The normalized spacial score (nSPS) is 10.3. The summed E-state index contributed by atoms with van der Waals surface area (Å²) in [6.07, 6.45) is 2.27. The van der Waals surface area contributed by atoms with Gasteiger partial charge in [-0.1, -0.05) is 12.1 Å². The molecule has 0 unspecified atom stereocenters. The number of nitrogens with zero attached hydrogens (tertiary/aromatic N) is 4. The highest BCUT2D eigenvalue weighted by Gasteiger charge is 2.14. The maximum Gasteiger partial charge on any atom is 0.277 e. The summed E-state index contributed by atoms with van der Waals surface area (Å²) in [6, 6.07) is 6.54. The molecule has 0 aliphatic rings. The number of benzene rings is 1. The summed E-state index contributed by atoms with van der Waals surface area (Å²) in [5.74, 6) is -0.756. The van der Waals surface area contributed by atoms with E-state index in [0.29, 0.717) is 17.8 Å². The quantitative estimate of drug-likeness (QED) is 0.759. The van der Waals surface area contributed by atoms with Gasteiger partial charge in [-0.3, -0.25) is 14.4 Å². The van der Waals surface area contributed by atoms with Crippen LogP contribution in [0, 0.1) is 0 Å². The highest BCUT2D eigenvalue weighted by molar-refractivity contribution is 6.03. The first-order valence-electron chi connectivity index (χ1n) is 8.20. The molecule has 2 rings (SSSR count). The molecule has 3 amide bonds. The van der Waals surface area contributed by atoms with Crippen molar-refractivity contribution in [1.82, 2.24) is 25.2 Å². The summed E-state index contributed by atoms with van der Waals surface area (Å²) in [6.45, 7) is 2.60. The first-order valence-corrected chi connectivity index (χ1v) is 8.20. The Balaban J connectivity index is 1.96. The monoisotopic (exact) mass is 358 g/mol. The van der Waals surface area contributed by atoms with Crippen molar-refractivity contribution < 1.29 is 14.4 Å². The third-order valence-electron chi connectivity index (χ3n) is 3.51. The van der Waals surface area contributed by atoms with Gasteiger partial charge in [-0.15, -0.1) is 5.10 Å². The average molecular weight is 358 g/mol. The van der Waals surface area contributed by atoms with Crippen molar-refractivity contribution in [3.63, 3.8) is 0 Å². The number of amides is 3. The van der Waals surface area contributed by atoms with Gasteiger partial charge in [-0.25, -0.2) is 4.68 Å². The molecule has 1 heterocycles. The number of likely N-dealkylation sites (N-methyl/N-ethyl adjacent to an activating group) is 1. The van der Waals surface area contributed by atoms with Gasteiger partial charge >= 0.3 is 0 Å². The van der Waals surface area contributed by atoms with E-state index in [9.17, 15) is 14.4 Å². The molecule has 0 saturated carbocycles. The lowest BCUT2D eigenvalue weighted by Crippen LogP contribution is -2.26. The third-order valence-corrected chi connectivity index (χ3v) is 3.51. The topological polar surface area (TPSA) is 109 Å². The number of anilines is 1. The van der Waals surface area contributed by atoms with Crippen molar-refractivity contribution in [1.29, 1.82) is 0 Å². The molecule has 2 N–H and O–H groups in total. The first-order chi connectivity index (χ1) is 12.4. The van der Waals surface area contributed by atoms with Gasteiger partial charge in [0.15, 0.2) is 5.69 Å². The second-order valence-electron chi connectivity index (χ2n) is 5.88. The minimum absolute atomic E-state index is 0.00878. The van der Waals surface area contributed by atoms with Crippen LogP contribution in [-0.2, 0) is 11.3 Å². The van der Waals surface area contributed by atoms with E-state index in [4.69, 9.17) is 0 Å². The molecule has 0 radical (unpaired) electrons. The summed E-state index contributed by atoms with van der Waals surface area (Å²) in [5, 5.41) is 13.0. The van der Waals surface area contributed by atoms with E-state index in [0.717, 1.165) is 6.42 Å². The molecule has 0 aliphatic heterocycles. The highest BCUT2D eigenvalue weighted by atomic mass is 16.2. The molecule has 1 aromatic carbocycles. The zero-order valence-corrected chi connectivity index (χ0v) is 15.0. The zero-order valence-electron chi connectivity index (χ0n) is 15.0. The zero-order chi connectivity index (χ0) is 19.1. The van der Waals surface area contributed by atoms with Crippen LogP contribution in [-0.4, -0.2) is 58.3 Å². The van der Waals surface area contributed by atoms with Crippen molar-refractivity contribution >= 4 is 23.4 Å². The van der Waals surface area contributed by atoms with Gasteiger partial charge in [0.2, 0.25) is 5.91 Å². The Hall–Kier alpha value is -3.23. The molecule has 1 aromatic heterocycles. The fourth-order valence-corrected chi connectivity index (χ4v) is 2.00. The lowest BCUT2D eigenvalue weighted by molar-refractivity contribution is -0.129. The van der Waals surface area contributed by atoms with E-state index < -0.39 is 5.91 Å². The molecular weight excluding hydrogens is 336 g/mol. The van der Waals surface area contributed by atoms with Crippen LogP contribution in [0.15, 0.2) is 30.5 Å². The maximum absolute atomic E-state index is 12.2. The minimum atomic E-state index is -0.447. The molecule has 2 aromatic rings. The standard InChI is InChI=1S/C17H22N6O3/c1-4-9-18-16(25)12-5-7-13(8-6-12)19-17(26)14-10-23(21-20-14)11-15(24)22(2)3/h5-8,10H,4,9,11H2,1-3H3,(H,18,25)(H,19,26). The number of carbonyl (C=O) groups excluding carboxylic acids is 3. The Morgan fingerprint density at radius 2 is 1.81 bits per heavy atom. The Morgan fingerprint density at radius 3 is 2.42 bits per heavy atom. The fraction of sp³-hybridized carbons (Fsp3) is 0.353. The third kappa shape index (κ3) is 5.13. The molecule has 138 valence electrons. The molecule has 0 fully saturated rings. The van der Waals surface area contributed by atoms with Gasteiger partial charge in [0.05, 0.1) is 6.20 Å². The van der Waals surface area contributed by atoms with Crippen LogP contribution in [0.4, 0.5) is 5.69 Å². The molecule has 0 aliphatic carbocycles. The largest absolute Gasteiger partial charge is 0.352 e. The van der Waals surface area contributed by atoms with E-state index in [1.807, 2.05) is 6.92 Å². The van der Waals surface area contributed by atoms with Crippen LogP contribution >= 0.6 is 0 Å². The van der Waals surface area contributed by atoms with Crippen LogP contribution in [0.3, 0.4) is 0 Å². The predicted molar refractivity (Wildman–Crippen MR) is 95.7 cm³/mol. The predicted octanol–water partition coefficient (Wildman–Crippen LogP) is 0.758. The SMILES string of the molecule is CCCNC(=O)c1ccc(NC(=O)c2cn(CC(=O)N(C)C)nn2)cc1. The molecule has 0 spiro atoms. The van der Waals surface area contributed by atoms with Gasteiger partial charge in [0.25, 0.3) is 11.8 Å². The number of hydrogen-bond donors (Lipinski definition) is 2. The van der Waals surface area contributed by atoms with Gasteiger partial charge in [0, 0.05) is 31.9 Å². The van der Waals surface area contributed by atoms with E-state index >= 15 is 0 Å². The Labute approximate surface area is 151 Å². The van der Waals surface area contributed by atoms with Crippen LogP contribution < -0.4 is 10.6 Å². The highest BCUT2D eigenvalue weighted by Crippen LogP contribution is 2.11. The molecule has 0 saturated heterocycles. The van der Waals surface area contributed by atoms with Gasteiger partial charge in [-0.05, 0) is 30.7 Å². The van der Waals surface area contributed by atoms with Crippen molar-refractivity contribution in [2.75, 3.05) is 26.0 Å². The van der Waals surface area contributed by atoms with Crippen LogP contribution in [0.25, 0.3) is 0 Å². The number of aromatic nitrogens is 3. The van der Waals surface area contributed by atoms with Crippen molar-refractivity contribution in [3.8, 4) is 0 Å².